The van der Waals surface area contributed by atoms with Gasteiger partial charge in [-0.3, -0.25) is 14.4 Å². The lowest BCUT2D eigenvalue weighted by Crippen LogP contribution is -2.56. The van der Waals surface area contributed by atoms with Crippen LogP contribution in [0.3, 0.4) is 0 Å². The van der Waals surface area contributed by atoms with Gasteiger partial charge < -0.3 is 42.6 Å². The van der Waals surface area contributed by atoms with Crippen molar-refractivity contribution in [2.24, 2.45) is 11.5 Å². The predicted molar refractivity (Wildman–Crippen MR) is 134 cm³/mol. The van der Waals surface area contributed by atoms with Crippen LogP contribution < -0.4 is 27.4 Å². The van der Waals surface area contributed by atoms with E-state index in [9.17, 15) is 29.4 Å². The molecule has 1 aromatic carbocycles. The van der Waals surface area contributed by atoms with Crippen molar-refractivity contribution in [3.8, 4) is 5.75 Å². The maximum Gasteiger partial charge on any atom is 0.326 e. The largest absolute Gasteiger partial charge is 0.508 e. The first kappa shape index (κ1) is 29.3. The van der Waals surface area contributed by atoms with Gasteiger partial charge in [0, 0.05) is 24.7 Å². The quantitative estimate of drug-likeness (QED) is 0.134. The second-order valence-corrected chi connectivity index (χ2v) is 8.73. The van der Waals surface area contributed by atoms with Crippen molar-refractivity contribution >= 4 is 23.7 Å². The van der Waals surface area contributed by atoms with Gasteiger partial charge in [-0.1, -0.05) is 12.1 Å². The van der Waals surface area contributed by atoms with Gasteiger partial charge in [0.25, 0.3) is 0 Å². The van der Waals surface area contributed by atoms with E-state index in [4.69, 9.17) is 11.5 Å². The van der Waals surface area contributed by atoms with Crippen molar-refractivity contribution in [2.75, 3.05) is 6.54 Å². The standard InChI is InChI=1S/C24H35N7O6/c1-14(21(33)31-20(24(36)37)10-15-5-7-17(32)8-6-15)29-23(35)19(4-2-3-9-25)30-22(34)18(26)11-16-12-27-13-28-16/h5-8,12-14,18-20,32H,2-4,9-11,25-26H2,1H3,(H,27,28)(H,29,35)(H,30,34)(H,31,33)(H,36,37). The highest BCUT2D eigenvalue weighted by Gasteiger charge is 2.28. The SMILES string of the molecule is CC(NC(=O)C(CCCCN)NC(=O)C(N)Cc1cnc[nH]1)C(=O)NC(Cc1ccc(O)cc1)C(=O)O. The van der Waals surface area contributed by atoms with Crippen LogP contribution in [0.25, 0.3) is 0 Å². The van der Waals surface area contributed by atoms with Gasteiger partial charge in [0.2, 0.25) is 17.7 Å². The number of nitrogens with zero attached hydrogens (tertiary/aromatic N) is 1. The molecule has 0 saturated carbocycles. The minimum Gasteiger partial charge on any atom is -0.508 e. The van der Waals surface area contributed by atoms with Crippen LogP contribution in [0.4, 0.5) is 0 Å². The van der Waals surface area contributed by atoms with Gasteiger partial charge in [0.15, 0.2) is 0 Å². The van der Waals surface area contributed by atoms with Gasteiger partial charge in [-0.05, 0) is 50.4 Å². The number of rotatable bonds is 15. The van der Waals surface area contributed by atoms with Crippen LogP contribution in [0, 0.1) is 0 Å². The number of nitrogens with two attached hydrogens (primary N) is 2. The molecule has 1 heterocycles. The Morgan fingerprint density at radius 3 is 2.24 bits per heavy atom. The van der Waals surface area contributed by atoms with E-state index < -0.39 is 47.9 Å². The number of aliphatic carboxylic acids is 1. The zero-order valence-corrected chi connectivity index (χ0v) is 20.6. The van der Waals surface area contributed by atoms with Crippen LogP contribution in [0.5, 0.6) is 5.75 Å². The van der Waals surface area contributed by atoms with Crippen molar-refractivity contribution in [1.82, 2.24) is 25.9 Å². The third kappa shape index (κ3) is 9.89. The van der Waals surface area contributed by atoms with E-state index in [1.54, 1.807) is 18.3 Å². The number of carbonyl (C=O) groups is 4. The first-order valence-corrected chi connectivity index (χ1v) is 12.0. The molecule has 0 spiro atoms. The summed E-state index contributed by atoms with van der Waals surface area (Å²) in [6.45, 7) is 1.83. The lowest BCUT2D eigenvalue weighted by atomic mass is 10.0. The summed E-state index contributed by atoms with van der Waals surface area (Å²) in [7, 11) is 0. The van der Waals surface area contributed by atoms with Gasteiger partial charge >= 0.3 is 5.97 Å². The molecule has 4 unspecified atom stereocenters. The minimum atomic E-state index is -1.25. The fraction of sp³-hybridized carbons (Fsp3) is 0.458. The number of benzene rings is 1. The summed E-state index contributed by atoms with van der Waals surface area (Å²) >= 11 is 0. The number of aromatic nitrogens is 2. The number of amides is 3. The van der Waals surface area contributed by atoms with Crippen LogP contribution in [0.15, 0.2) is 36.8 Å². The van der Waals surface area contributed by atoms with E-state index in [0.29, 0.717) is 30.6 Å². The summed E-state index contributed by atoms with van der Waals surface area (Å²) in [5.74, 6) is -3.07. The molecule has 13 heteroatoms. The number of aromatic hydroxyl groups is 1. The number of carboxylic acids is 1. The number of aromatic amines is 1. The summed E-state index contributed by atoms with van der Waals surface area (Å²) in [6, 6.07) is 1.70. The van der Waals surface area contributed by atoms with Crippen molar-refractivity contribution in [1.29, 1.82) is 0 Å². The predicted octanol–water partition coefficient (Wildman–Crippen LogP) is -1.08. The number of H-pyrrole nitrogens is 1. The highest BCUT2D eigenvalue weighted by Crippen LogP contribution is 2.12. The normalized spacial score (nSPS) is 14.1. The minimum absolute atomic E-state index is 0.0198. The van der Waals surface area contributed by atoms with E-state index in [0.717, 1.165) is 0 Å². The Morgan fingerprint density at radius 2 is 1.65 bits per heavy atom. The highest BCUT2D eigenvalue weighted by molar-refractivity contribution is 5.94. The molecule has 0 bridgehead atoms. The molecule has 0 aliphatic carbocycles. The summed E-state index contributed by atoms with van der Waals surface area (Å²) < 4.78 is 0. The molecule has 2 aromatic rings. The summed E-state index contributed by atoms with van der Waals surface area (Å²) in [4.78, 5) is 56.6. The molecule has 2 rings (SSSR count). The zero-order valence-electron chi connectivity index (χ0n) is 20.6. The molecule has 0 fully saturated rings. The molecule has 1 aromatic heterocycles. The number of imidazole rings is 1. The van der Waals surface area contributed by atoms with Crippen LogP contribution in [0.2, 0.25) is 0 Å². The number of hydrogen-bond acceptors (Lipinski definition) is 8. The number of carbonyl (C=O) groups excluding carboxylic acids is 3. The third-order valence-electron chi connectivity index (χ3n) is 5.65. The second kappa shape index (κ2) is 14.6. The average molecular weight is 518 g/mol. The van der Waals surface area contributed by atoms with E-state index in [1.807, 2.05) is 0 Å². The van der Waals surface area contributed by atoms with E-state index in [2.05, 4.69) is 25.9 Å². The molecule has 202 valence electrons. The number of phenolic OH excluding ortho intramolecular Hbond substituents is 1. The molecular weight excluding hydrogens is 482 g/mol. The highest BCUT2D eigenvalue weighted by atomic mass is 16.4. The molecular formula is C24H35N7O6. The van der Waals surface area contributed by atoms with Crippen molar-refractivity contribution in [3.63, 3.8) is 0 Å². The van der Waals surface area contributed by atoms with Gasteiger partial charge in [-0.25, -0.2) is 9.78 Å². The Labute approximate surface area is 214 Å². The van der Waals surface area contributed by atoms with Gasteiger partial charge in [-0.15, -0.1) is 0 Å². The lowest BCUT2D eigenvalue weighted by molar-refractivity contribution is -0.142. The molecule has 0 aliphatic rings. The van der Waals surface area contributed by atoms with Crippen LogP contribution in [-0.4, -0.2) is 74.6 Å². The Kier molecular flexibility index (Phi) is 11.5. The Morgan fingerprint density at radius 1 is 0.973 bits per heavy atom. The van der Waals surface area contributed by atoms with E-state index in [-0.39, 0.29) is 25.0 Å². The third-order valence-corrected chi connectivity index (χ3v) is 5.65. The maximum atomic E-state index is 12.9. The number of phenols is 1. The Hall–Kier alpha value is -3.97. The van der Waals surface area contributed by atoms with Gasteiger partial charge in [-0.2, -0.15) is 0 Å². The van der Waals surface area contributed by atoms with Crippen LogP contribution >= 0.6 is 0 Å². The first-order chi connectivity index (χ1) is 17.6. The summed E-state index contributed by atoms with van der Waals surface area (Å²) in [5.41, 5.74) is 12.8. The number of carboxylic acid groups (broad SMARTS) is 1. The molecule has 0 saturated heterocycles. The van der Waals surface area contributed by atoms with Crippen molar-refractivity contribution < 1.29 is 29.4 Å². The Bertz CT molecular complexity index is 1030. The zero-order chi connectivity index (χ0) is 27.4. The molecule has 3 amide bonds. The van der Waals surface area contributed by atoms with Crippen LogP contribution in [-0.2, 0) is 32.0 Å². The molecule has 10 N–H and O–H groups in total. The van der Waals surface area contributed by atoms with Crippen molar-refractivity contribution in [2.45, 2.75) is 63.2 Å². The van der Waals surface area contributed by atoms with Crippen molar-refractivity contribution in [3.05, 3.63) is 48.0 Å². The van der Waals surface area contributed by atoms with Crippen LogP contribution in [0.1, 0.15) is 37.4 Å². The van der Waals surface area contributed by atoms with Gasteiger partial charge in [0.05, 0.1) is 12.4 Å². The monoisotopic (exact) mass is 517 g/mol. The first-order valence-electron chi connectivity index (χ1n) is 12.0. The van der Waals surface area contributed by atoms with E-state index in [1.165, 1.54) is 25.4 Å². The molecule has 0 aliphatic heterocycles. The summed E-state index contributed by atoms with van der Waals surface area (Å²) in [6.07, 6.45) is 4.65. The topological polar surface area (TPSA) is 226 Å². The second-order valence-electron chi connectivity index (χ2n) is 8.73. The molecule has 4 atom stereocenters. The fourth-order valence-corrected chi connectivity index (χ4v) is 3.51. The molecule has 13 nitrogen and oxygen atoms in total. The smallest absolute Gasteiger partial charge is 0.326 e. The maximum absolute atomic E-state index is 12.9. The molecule has 0 radical (unpaired) electrons. The van der Waals surface area contributed by atoms with Gasteiger partial charge in [0.1, 0.15) is 23.9 Å². The number of hydrogen-bond donors (Lipinski definition) is 8. The van der Waals surface area contributed by atoms with E-state index >= 15 is 0 Å². The Balaban J connectivity index is 1.98. The average Bonchev–Trinajstić information content (AvgIpc) is 3.37. The number of nitrogens with one attached hydrogen (secondary N) is 4. The lowest BCUT2D eigenvalue weighted by Gasteiger charge is -2.23. The fourth-order valence-electron chi connectivity index (χ4n) is 3.51. The molecule has 37 heavy (non-hydrogen) atoms. The summed E-state index contributed by atoms with van der Waals surface area (Å²) in [5, 5.41) is 26.5. The number of unbranched alkanes of at least 4 members (excludes halogenated alkanes) is 1.